The molecule has 0 aliphatic carbocycles. The topological polar surface area (TPSA) is 30.3 Å². The van der Waals surface area contributed by atoms with Crippen LogP contribution < -0.4 is 0 Å². The van der Waals surface area contributed by atoms with Crippen LogP contribution in [-0.2, 0) is 18.3 Å². The minimum atomic E-state index is 0.464. The first-order valence-electron chi connectivity index (χ1n) is 7.50. The minimum Gasteiger partial charge on any atom is -0.384 e. The summed E-state index contributed by atoms with van der Waals surface area (Å²) in [7, 11) is 3.89. The predicted molar refractivity (Wildman–Crippen MR) is 83.0 cm³/mol. The van der Waals surface area contributed by atoms with E-state index in [0.29, 0.717) is 11.8 Å². The van der Waals surface area contributed by atoms with Crippen molar-refractivity contribution in [3.63, 3.8) is 0 Å². The molecule has 1 aliphatic rings. The first kappa shape index (κ1) is 14.3. The lowest BCUT2D eigenvalue weighted by atomic mass is 9.93. The second-order valence-electron chi connectivity index (χ2n) is 5.88. The molecule has 0 bridgehead atoms. The summed E-state index contributed by atoms with van der Waals surface area (Å²) in [5, 5.41) is 0. The Labute approximate surface area is 126 Å². The van der Waals surface area contributed by atoms with Gasteiger partial charge in [-0.25, -0.2) is 0 Å². The quantitative estimate of drug-likeness (QED) is 0.844. The Morgan fingerprint density at radius 1 is 1.24 bits per heavy atom. The van der Waals surface area contributed by atoms with E-state index in [4.69, 9.17) is 4.74 Å². The lowest BCUT2D eigenvalue weighted by molar-refractivity contribution is 0.146. The summed E-state index contributed by atoms with van der Waals surface area (Å²) in [6.07, 6.45) is 3.99. The zero-order valence-corrected chi connectivity index (χ0v) is 12.8. The molecule has 0 radical (unpaired) electrons. The highest BCUT2D eigenvalue weighted by atomic mass is 16.5. The molecule has 1 fully saturated rings. The van der Waals surface area contributed by atoms with Crippen molar-refractivity contribution in [2.45, 2.75) is 12.5 Å². The minimum absolute atomic E-state index is 0.464. The number of nitrogens with zero attached hydrogens (tertiary/aromatic N) is 3. The van der Waals surface area contributed by atoms with E-state index in [0.717, 1.165) is 26.2 Å². The number of hydrogen-bond acceptors (Lipinski definition) is 3. The van der Waals surface area contributed by atoms with Crippen molar-refractivity contribution in [2.24, 2.45) is 13.0 Å². The fraction of sp³-hybridized carbons (Fsp3) is 0.471. The van der Waals surface area contributed by atoms with Gasteiger partial charge < -0.3 is 9.30 Å². The highest BCUT2D eigenvalue weighted by Crippen LogP contribution is 2.32. The number of methoxy groups -OCH3 is 1. The van der Waals surface area contributed by atoms with Crippen molar-refractivity contribution in [3.05, 3.63) is 54.1 Å². The lowest BCUT2D eigenvalue weighted by Gasteiger charge is -2.16. The molecular weight excluding hydrogens is 262 g/mol. The number of aromatic nitrogens is 2. The fourth-order valence-corrected chi connectivity index (χ4v) is 3.29. The van der Waals surface area contributed by atoms with E-state index in [9.17, 15) is 0 Å². The third-order valence-electron chi connectivity index (χ3n) is 4.40. The van der Waals surface area contributed by atoms with Gasteiger partial charge in [0.1, 0.15) is 0 Å². The Hall–Kier alpha value is -1.65. The van der Waals surface area contributed by atoms with E-state index >= 15 is 0 Å². The molecule has 0 N–H and O–H groups in total. The summed E-state index contributed by atoms with van der Waals surface area (Å²) in [6, 6.07) is 10.5. The molecule has 21 heavy (non-hydrogen) atoms. The van der Waals surface area contributed by atoms with E-state index in [-0.39, 0.29) is 0 Å². The van der Waals surface area contributed by atoms with Crippen LogP contribution in [0, 0.1) is 5.92 Å². The van der Waals surface area contributed by atoms with E-state index in [1.165, 1.54) is 11.4 Å². The lowest BCUT2D eigenvalue weighted by Crippen LogP contribution is -2.22. The Morgan fingerprint density at radius 3 is 2.81 bits per heavy atom. The van der Waals surface area contributed by atoms with Crippen LogP contribution in [-0.4, -0.2) is 41.3 Å². The van der Waals surface area contributed by atoms with Crippen LogP contribution in [0.5, 0.6) is 0 Å². The van der Waals surface area contributed by atoms with Crippen molar-refractivity contribution in [1.29, 1.82) is 0 Å². The van der Waals surface area contributed by atoms with Crippen LogP contribution in [0.1, 0.15) is 17.3 Å². The molecule has 1 saturated heterocycles. The summed E-state index contributed by atoms with van der Waals surface area (Å²) in [6.45, 7) is 3.91. The molecule has 0 saturated carbocycles. The zero-order chi connectivity index (χ0) is 14.7. The van der Waals surface area contributed by atoms with Gasteiger partial charge in [0, 0.05) is 69.4 Å². The smallest absolute Gasteiger partial charge is 0.0509 e. The number of aryl methyl sites for hydroxylation is 1. The maximum atomic E-state index is 5.43. The summed E-state index contributed by atoms with van der Waals surface area (Å²) in [5.41, 5.74) is 2.54. The van der Waals surface area contributed by atoms with Crippen molar-refractivity contribution < 1.29 is 4.74 Å². The van der Waals surface area contributed by atoms with Crippen LogP contribution in [0.3, 0.4) is 0 Å². The van der Waals surface area contributed by atoms with Crippen molar-refractivity contribution in [1.82, 2.24) is 14.5 Å². The molecule has 2 aromatic heterocycles. The van der Waals surface area contributed by atoms with Gasteiger partial charge in [-0.2, -0.15) is 0 Å². The van der Waals surface area contributed by atoms with Gasteiger partial charge in [0.15, 0.2) is 0 Å². The van der Waals surface area contributed by atoms with Crippen molar-refractivity contribution in [3.8, 4) is 0 Å². The second-order valence-corrected chi connectivity index (χ2v) is 5.88. The number of likely N-dealkylation sites (tertiary alicyclic amines) is 1. The van der Waals surface area contributed by atoms with Gasteiger partial charge in [0.25, 0.3) is 0 Å². The van der Waals surface area contributed by atoms with E-state index < -0.39 is 0 Å². The normalized spacial score (nSPS) is 22.8. The summed E-state index contributed by atoms with van der Waals surface area (Å²) < 4.78 is 7.62. The maximum absolute atomic E-state index is 5.43. The molecule has 4 nitrogen and oxygen atoms in total. The third kappa shape index (κ3) is 3.17. The molecule has 0 aromatic carbocycles. The first-order chi connectivity index (χ1) is 10.3. The molecule has 1 aliphatic heterocycles. The highest BCUT2D eigenvalue weighted by molar-refractivity contribution is 5.15. The zero-order valence-electron chi connectivity index (χ0n) is 12.8. The van der Waals surface area contributed by atoms with Gasteiger partial charge >= 0.3 is 0 Å². The number of pyridine rings is 1. The monoisotopic (exact) mass is 285 g/mol. The Kier molecular flexibility index (Phi) is 4.36. The largest absolute Gasteiger partial charge is 0.384 e. The SMILES string of the molecule is COCC1CN(Cc2cccn2C)CC1c1ccccn1. The van der Waals surface area contributed by atoms with Crippen LogP contribution >= 0.6 is 0 Å². The van der Waals surface area contributed by atoms with Crippen molar-refractivity contribution >= 4 is 0 Å². The summed E-state index contributed by atoms with van der Waals surface area (Å²) >= 11 is 0. The molecule has 112 valence electrons. The standard InChI is InChI=1S/C17H23N3O/c1-19-9-5-6-15(19)11-20-10-14(13-21-2)16(12-20)17-7-3-4-8-18-17/h3-9,14,16H,10-13H2,1-2H3. The second kappa shape index (κ2) is 6.41. The Balaban J connectivity index is 1.73. The summed E-state index contributed by atoms with van der Waals surface area (Å²) in [5.74, 6) is 0.983. The fourth-order valence-electron chi connectivity index (χ4n) is 3.29. The Morgan fingerprint density at radius 2 is 2.14 bits per heavy atom. The van der Waals surface area contributed by atoms with E-state index in [1.54, 1.807) is 7.11 Å². The van der Waals surface area contributed by atoms with Gasteiger partial charge in [0.05, 0.1) is 6.61 Å². The molecular formula is C17H23N3O. The van der Waals surface area contributed by atoms with Gasteiger partial charge in [0.2, 0.25) is 0 Å². The molecule has 3 rings (SSSR count). The van der Waals surface area contributed by atoms with Gasteiger partial charge in [-0.05, 0) is 24.3 Å². The molecule has 2 atom stereocenters. The molecule has 4 heteroatoms. The third-order valence-corrected chi connectivity index (χ3v) is 4.40. The molecule has 0 spiro atoms. The predicted octanol–water partition coefficient (Wildman–Crippen LogP) is 2.28. The maximum Gasteiger partial charge on any atom is 0.0509 e. The average molecular weight is 285 g/mol. The molecule has 2 aromatic rings. The van der Waals surface area contributed by atoms with Gasteiger partial charge in [-0.15, -0.1) is 0 Å². The first-order valence-corrected chi connectivity index (χ1v) is 7.50. The van der Waals surface area contributed by atoms with Gasteiger partial charge in [-0.1, -0.05) is 6.07 Å². The molecule has 3 heterocycles. The number of ether oxygens (including phenoxy) is 1. The highest BCUT2D eigenvalue weighted by Gasteiger charge is 2.34. The van der Waals surface area contributed by atoms with Crippen molar-refractivity contribution in [2.75, 3.05) is 26.8 Å². The number of hydrogen-bond donors (Lipinski definition) is 0. The van der Waals surface area contributed by atoms with Gasteiger partial charge in [-0.3, -0.25) is 9.88 Å². The van der Waals surface area contributed by atoms with E-state index in [1.807, 2.05) is 12.3 Å². The van der Waals surface area contributed by atoms with Crippen LogP contribution in [0.25, 0.3) is 0 Å². The molecule has 2 unspecified atom stereocenters. The van der Waals surface area contributed by atoms with Crippen LogP contribution in [0.15, 0.2) is 42.7 Å². The number of rotatable bonds is 5. The Bertz CT molecular complexity index is 566. The average Bonchev–Trinajstić information content (AvgIpc) is 3.08. The van der Waals surface area contributed by atoms with Crippen LogP contribution in [0.4, 0.5) is 0 Å². The summed E-state index contributed by atoms with van der Waals surface area (Å²) in [4.78, 5) is 7.07. The van der Waals surface area contributed by atoms with Crippen LogP contribution in [0.2, 0.25) is 0 Å². The van der Waals surface area contributed by atoms with E-state index in [2.05, 4.69) is 52.0 Å². The molecule has 0 amide bonds.